The zero-order valence-electron chi connectivity index (χ0n) is 9.71. The first-order valence-corrected chi connectivity index (χ1v) is 6.98. The van der Waals surface area contributed by atoms with Crippen LogP contribution >= 0.6 is 31.9 Å². The molecule has 0 saturated heterocycles. The van der Waals surface area contributed by atoms with Gasteiger partial charge in [-0.2, -0.15) is 0 Å². The van der Waals surface area contributed by atoms with Crippen LogP contribution in [0.3, 0.4) is 0 Å². The van der Waals surface area contributed by atoms with Crippen LogP contribution in [0.15, 0.2) is 51.4 Å². The van der Waals surface area contributed by atoms with Crippen LogP contribution in [0.1, 0.15) is 15.9 Å². The molecule has 92 valence electrons. The van der Waals surface area contributed by atoms with Gasteiger partial charge >= 0.3 is 0 Å². The van der Waals surface area contributed by atoms with E-state index in [1.165, 1.54) is 0 Å². The molecule has 4 heteroatoms. The molecule has 0 aliphatic carbocycles. The minimum absolute atomic E-state index is 0.122. The van der Waals surface area contributed by atoms with Gasteiger partial charge in [0.2, 0.25) is 0 Å². The van der Waals surface area contributed by atoms with Crippen LogP contribution in [0.25, 0.3) is 0 Å². The summed E-state index contributed by atoms with van der Waals surface area (Å²) in [5.41, 5.74) is 2.46. The molecule has 1 amide bonds. The summed E-state index contributed by atoms with van der Waals surface area (Å²) in [5.74, 6) is -0.122. The maximum atomic E-state index is 12.1. The van der Waals surface area contributed by atoms with E-state index in [-0.39, 0.29) is 5.91 Å². The molecule has 0 radical (unpaired) electrons. The zero-order chi connectivity index (χ0) is 13.1. The quantitative estimate of drug-likeness (QED) is 0.812. The van der Waals surface area contributed by atoms with Crippen LogP contribution in [0.2, 0.25) is 0 Å². The molecule has 0 saturated carbocycles. The largest absolute Gasteiger partial charge is 0.322 e. The average Bonchev–Trinajstić information content (AvgIpc) is 2.34. The van der Waals surface area contributed by atoms with E-state index in [0.717, 1.165) is 20.2 Å². The normalized spacial score (nSPS) is 10.2. The van der Waals surface area contributed by atoms with Gasteiger partial charge in [-0.3, -0.25) is 4.79 Å². The first-order chi connectivity index (χ1) is 8.58. The molecule has 0 aliphatic heterocycles. The highest BCUT2D eigenvalue weighted by molar-refractivity contribution is 9.10. The Morgan fingerprint density at radius 1 is 1.11 bits per heavy atom. The fourth-order valence-corrected chi connectivity index (χ4v) is 2.39. The molecule has 0 aliphatic rings. The van der Waals surface area contributed by atoms with Crippen molar-refractivity contribution in [1.29, 1.82) is 0 Å². The number of hydrogen-bond acceptors (Lipinski definition) is 1. The maximum Gasteiger partial charge on any atom is 0.256 e. The van der Waals surface area contributed by atoms with Gasteiger partial charge in [-0.1, -0.05) is 34.1 Å². The number of nitrogens with one attached hydrogen (secondary N) is 1. The molecule has 1 N–H and O–H groups in total. The fraction of sp³-hybridized carbons (Fsp3) is 0.0714. The van der Waals surface area contributed by atoms with Crippen molar-refractivity contribution < 1.29 is 4.79 Å². The smallest absolute Gasteiger partial charge is 0.256 e. The van der Waals surface area contributed by atoms with Gasteiger partial charge in [0.15, 0.2) is 0 Å². The summed E-state index contributed by atoms with van der Waals surface area (Å²) < 4.78 is 1.73. The molecule has 0 spiro atoms. The van der Waals surface area contributed by atoms with Crippen LogP contribution < -0.4 is 5.32 Å². The third kappa shape index (κ3) is 3.00. The molecule has 0 atom stereocenters. The molecule has 2 aromatic carbocycles. The molecule has 2 rings (SSSR count). The topological polar surface area (TPSA) is 29.1 Å². The fourth-order valence-electron chi connectivity index (χ4n) is 1.56. The second-order valence-electron chi connectivity index (χ2n) is 3.89. The van der Waals surface area contributed by atoms with Crippen molar-refractivity contribution in [3.8, 4) is 0 Å². The first-order valence-electron chi connectivity index (χ1n) is 5.40. The Morgan fingerprint density at radius 2 is 1.83 bits per heavy atom. The van der Waals surface area contributed by atoms with E-state index in [9.17, 15) is 4.79 Å². The van der Waals surface area contributed by atoms with Gasteiger partial charge in [0, 0.05) is 14.6 Å². The summed E-state index contributed by atoms with van der Waals surface area (Å²) in [6, 6.07) is 13.2. The van der Waals surface area contributed by atoms with E-state index in [0.29, 0.717) is 5.56 Å². The standard InChI is InChI=1S/C14H11Br2NO/c1-9-6-7-10(15)8-13(9)17-14(18)11-4-2-3-5-12(11)16/h2-8H,1H3,(H,17,18). The van der Waals surface area contributed by atoms with Gasteiger partial charge in [-0.15, -0.1) is 0 Å². The third-order valence-corrected chi connectivity index (χ3v) is 3.75. The van der Waals surface area contributed by atoms with E-state index in [2.05, 4.69) is 37.2 Å². The third-order valence-electron chi connectivity index (χ3n) is 2.57. The molecule has 2 aromatic rings. The number of carbonyl (C=O) groups excluding carboxylic acids is 1. The van der Waals surface area contributed by atoms with Crippen LogP contribution in [0, 0.1) is 6.92 Å². The Hall–Kier alpha value is -1.13. The highest BCUT2D eigenvalue weighted by Gasteiger charge is 2.10. The molecule has 0 aromatic heterocycles. The minimum atomic E-state index is -0.122. The number of carbonyl (C=O) groups is 1. The monoisotopic (exact) mass is 367 g/mol. The van der Waals surface area contributed by atoms with Crippen molar-refractivity contribution in [3.63, 3.8) is 0 Å². The molecule has 2 nitrogen and oxygen atoms in total. The van der Waals surface area contributed by atoms with Crippen LogP contribution in [0.4, 0.5) is 5.69 Å². The maximum absolute atomic E-state index is 12.1. The number of halogens is 2. The second-order valence-corrected chi connectivity index (χ2v) is 5.66. The van der Waals surface area contributed by atoms with Crippen molar-refractivity contribution in [3.05, 3.63) is 62.5 Å². The number of rotatable bonds is 2. The summed E-state index contributed by atoms with van der Waals surface area (Å²) in [6.07, 6.45) is 0. The average molecular weight is 369 g/mol. The Bertz CT molecular complexity index is 596. The number of hydrogen-bond donors (Lipinski definition) is 1. The highest BCUT2D eigenvalue weighted by atomic mass is 79.9. The Kier molecular flexibility index (Phi) is 4.19. The Labute approximate surface area is 123 Å². The Balaban J connectivity index is 2.27. The summed E-state index contributed by atoms with van der Waals surface area (Å²) >= 11 is 6.77. The molecule has 0 bridgehead atoms. The van der Waals surface area contributed by atoms with E-state index in [4.69, 9.17) is 0 Å². The highest BCUT2D eigenvalue weighted by Crippen LogP contribution is 2.23. The Morgan fingerprint density at radius 3 is 2.56 bits per heavy atom. The number of benzene rings is 2. The molecular formula is C14H11Br2NO. The lowest BCUT2D eigenvalue weighted by molar-refractivity contribution is 0.102. The molecule has 0 heterocycles. The summed E-state index contributed by atoms with van der Waals surface area (Å²) in [6.45, 7) is 1.96. The predicted molar refractivity (Wildman–Crippen MR) is 81.0 cm³/mol. The lowest BCUT2D eigenvalue weighted by Gasteiger charge is -2.09. The zero-order valence-corrected chi connectivity index (χ0v) is 12.9. The number of anilines is 1. The first kappa shape index (κ1) is 13.3. The summed E-state index contributed by atoms with van der Waals surface area (Å²) in [7, 11) is 0. The number of amides is 1. The molecule has 0 fully saturated rings. The van der Waals surface area contributed by atoms with Gasteiger partial charge in [0.05, 0.1) is 5.56 Å². The van der Waals surface area contributed by atoms with E-state index < -0.39 is 0 Å². The van der Waals surface area contributed by atoms with E-state index in [1.54, 1.807) is 6.07 Å². The summed E-state index contributed by atoms with van der Waals surface area (Å²) in [4.78, 5) is 12.1. The van der Waals surface area contributed by atoms with Gasteiger partial charge in [-0.05, 0) is 52.7 Å². The predicted octanol–water partition coefficient (Wildman–Crippen LogP) is 4.77. The van der Waals surface area contributed by atoms with Crippen molar-refractivity contribution in [2.24, 2.45) is 0 Å². The SMILES string of the molecule is Cc1ccc(Br)cc1NC(=O)c1ccccc1Br. The van der Waals surface area contributed by atoms with Gasteiger partial charge < -0.3 is 5.32 Å². The van der Waals surface area contributed by atoms with Crippen molar-refractivity contribution in [2.75, 3.05) is 5.32 Å². The van der Waals surface area contributed by atoms with Gasteiger partial charge in [-0.25, -0.2) is 0 Å². The minimum Gasteiger partial charge on any atom is -0.322 e. The van der Waals surface area contributed by atoms with Gasteiger partial charge in [0.25, 0.3) is 5.91 Å². The van der Waals surface area contributed by atoms with E-state index >= 15 is 0 Å². The number of aryl methyl sites for hydroxylation is 1. The lowest BCUT2D eigenvalue weighted by atomic mass is 10.1. The van der Waals surface area contributed by atoms with Crippen molar-refractivity contribution >= 4 is 43.5 Å². The lowest BCUT2D eigenvalue weighted by Crippen LogP contribution is -2.13. The molecule has 18 heavy (non-hydrogen) atoms. The van der Waals surface area contributed by atoms with Crippen LogP contribution in [0.5, 0.6) is 0 Å². The van der Waals surface area contributed by atoms with Crippen LogP contribution in [-0.4, -0.2) is 5.91 Å². The van der Waals surface area contributed by atoms with Gasteiger partial charge in [0.1, 0.15) is 0 Å². The molecule has 0 unspecified atom stereocenters. The van der Waals surface area contributed by atoms with E-state index in [1.807, 2.05) is 43.3 Å². The van der Waals surface area contributed by atoms with Crippen molar-refractivity contribution in [1.82, 2.24) is 0 Å². The summed E-state index contributed by atoms with van der Waals surface area (Å²) in [5, 5.41) is 2.91. The van der Waals surface area contributed by atoms with Crippen molar-refractivity contribution in [2.45, 2.75) is 6.92 Å². The second kappa shape index (κ2) is 5.67. The molecular weight excluding hydrogens is 358 g/mol. The van der Waals surface area contributed by atoms with Crippen LogP contribution in [-0.2, 0) is 0 Å².